The number of hydrogen-bond acceptors (Lipinski definition) is 1. The standard InChI is InChI=1S/C23H25FN2.ClH/c1-16-10-11-21-19(14-16)18-7-4-9-22-23(18)26(21)13-5-12-25(22)15-17-6-2-3-8-20(17)24;/h2-3,6,8,10-11,14,22H,4-5,7,9,12-13,15H2,1H3;1H. The van der Waals surface area contributed by atoms with E-state index in [1.54, 1.807) is 17.7 Å². The zero-order chi connectivity index (χ0) is 17.7. The Bertz CT molecular complexity index is 974. The van der Waals surface area contributed by atoms with E-state index in [4.69, 9.17) is 0 Å². The molecule has 0 saturated heterocycles. The van der Waals surface area contributed by atoms with E-state index in [0.29, 0.717) is 12.6 Å². The van der Waals surface area contributed by atoms with E-state index in [2.05, 4.69) is 34.6 Å². The van der Waals surface area contributed by atoms with Crippen molar-refractivity contribution < 1.29 is 4.39 Å². The van der Waals surface area contributed by atoms with Gasteiger partial charge in [-0.25, -0.2) is 4.39 Å². The molecule has 1 atom stereocenters. The number of nitrogens with zero attached hydrogens (tertiary/aromatic N) is 2. The zero-order valence-electron chi connectivity index (χ0n) is 15.7. The molecule has 5 rings (SSSR count). The van der Waals surface area contributed by atoms with Crippen LogP contribution >= 0.6 is 12.4 Å². The zero-order valence-corrected chi connectivity index (χ0v) is 16.6. The van der Waals surface area contributed by atoms with Crippen LogP contribution in [0.5, 0.6) is 0 Å². The molecule has 2 heterocycles. The minimum Gasteiger partial charge on any atom is -0.343 e. The molecule has 1 aliphatic carbocycles. The summed E-state index contributed by atoms with van der Waals surface area (Å²) in [4.78, 5) is 2.52. The van der Waals surface area contributed by atoms with Gasteiger partial charge in [0.2, 0.25) is 0 Å². The van der Waals surface area contributed by atoms with Crippen molar-refractivity contribution in [1.29, 1.82) is 0 Å². The summed E-state index contributed by atoms with van der Waals surface area (Å²) in [7, 11) is 0. The molecule has 0 spiro atoms. The normalized spacial score (nSPS) is 19.4. The van der Waals surface area contributed by atoms with E-state index in [0.717, 1.165) is 25.1 Å². The van der Waals surface area contributed by atoms with Crippen LogP contribution in [-0.4, -0.2) is 16.0 Å². The third kappa shape index (κ3) is 3.07. The number of aryl methyl sites for hydroxylation is 3. The summed E-state index contributed by atoms with van der Waals surface area (Å²) >= 11 is 0. The maximum Gasteiger partial charge on any atom is 0.127 e. The lowest BCUT2D eigenvalue weighted by Gasteiger charge is -2.33. The van der Waals surface area contributed by atoms with Gasteiger partial charge in [0.1, 0.15) is 5.82 Å². The van der Waals surface area contributed by atoms with Crippen LogP contribution in [0, 0.1) is 12.7 Å². The Morgan fingerprint density at radius 2 is 1.93 bits per heavy atom. The molecule has 2 nitrogen and oxygen atoms in total. The van der Waals surface area contributed by atoms with Crippen molar-refractivity contribution in [3.05, 3.63) is 70.7 Å². The third-order valence-electron chi connectivity index (χ3n) is 6.19. The van der Waals surface area contributed by atoms with Crippen molar-refractivity contribution in [2.45, 2.75) is 51.7 Å². The van der Waals surface area contributed by atoms with E-state index in [-0.39, 0.29) is 18.2 Å². The molecule has 0 fully saturated rings. The van der Waals surface area contributed by atoms with E-state index < -0.39 is 0 Å². The summed E-state index contributed by atoms with van der Waals surface area (Å²) in [6.45, 7) is 4.99. The van der Waals surface area contributed by atoms with Crippen LogP contribution in [0.3, 0.4) is 0 Å². The van der Waals surface area contributed by atoms with Gasteiger partial charge < -0.3 is 4.57 Å². The Kier molecular flexibility index (Phi) is 5.00. The minimum atomic E-state index is -0.0797. The number of benzene rings is 2. The van der Waals surface area contributed by atoms with Gasteiger partial charge in [-0.15, -0.1) is 12.4 Å². The molecule has 2 aromatic carbocycles. The fourth-order valence-corrected chi connectivity index (χ4v) is 5.03. The number of rotatable bonds is 2. The summed E-state index contributed by atoms with van der Waals surface area (Å²) in [5.41, 5.74) is 6.59. The Morgan fingerprint density at radius 3 is 2.78 bits per heavy atom. The quantitative estimate of drug-likeness (QED) is 0.542. The molecule has 0 radical (unpaired) electrons. The van der Waals surface area contributed by atoms with Crippen LogP contribution in [0.25, 0.3) is 10.9 Å². The fraction of sp³-hybridized carbons (Fsp3) is 0.391. The van der Waals surface area contributed by atoms with Crippen molar-refractivity contribution in [2.24, 2.45) is 0 Å². The summed E-state index contributed by atoms with van der Waals surface area (Å²) in [5.74, 6) is -0.0797. The molecular formula is C23H26ClFN2. The highest BCUT2D eigenvalue weighted by Crippen LogP contribution is 2.42. The molecule has 1 unspecified atom stereocenters. The van der Waals surface area contributed by atoms with E-state index in [1.165, 1.54) is 41.4 Å². The lowest BCUT2D eigenvalue weighted by atomic mass is 9.90. The maximum atomic E-state index is 14.2. The van der Waals surface area contributed by atoms with Crippen LogP contribution in [0.1, 0.15) is 47.7 Å². The van der Waals surface area contributed by atoms with Crippen LogP contribution in [0.4, 0.5) is 4.39 Å². The molecular weight excluding hydrogens is 359 g/mol. The molecule has 2 aliphatic rings. The average molecular weight is 385 g/mol. The fourth-order valence-electron chi connectivity index (χ4n) is 5.03. The second kappa shape index (κ2) is 7.29. The first-order valence-corrected chi connectivity index (χ1v) is 9.81. The molecule has 1 aromatic heterocycles. The topological polar surface area (TPSA) is 8.17 Å². The molecule has 1 aliphatic heterocycles. The van der Waals surface area contributed by atoms with Gasteiger partial charge in [-0.3, -0.25) is 4.90 Å². The van der Waals surface area contributed by atoms with Crippen molar-refractivity contribution in [2.75, 3.05) is 6.54 Å². The molecule has 0 saturated carbocycles. The smallest absolute Gasteiger partial charge is 0.127 e. The van der Waals surface area contributed by atoms with Crippen molar-refractivity contribution in [1.82, 2.24) is 9.47 Å². The first-order chi connectivity index (χ1) is 12.7. The summed E-state index contributed by atoms with van der Waals surface area (Å²) in [5, 5.41) is 1.44. The summed E-state index contributed by atoms with van der Waals surface area (Å²) in [6.07, 6.45) is 4.69. The first-order valence-electron chi connectivity index (χ1n) is 9.81. The summed E-state index contributed by atoms with van der Waals surface area (Å²) in [6, 6.07) is 14.5. The van der Waals surface area contributed by atoms with E-state index >= 15 is 0 Å². The Labute approximate surface area is 166 Å². The molecule has 4 heteroatoms. The largest absolute Gasteiger partial charge is 0.343 e. The van der Waals surface area contributed by atoms with Gasteiger partial charge in [-0.1, -0.05) is 29.8 Å². The van der Waals surface area contributed by atoms with Crippen molar-refractivity contribution >= 4 is 23.3 Å². The third-order valence-corrected chi connectivity index (χ3v) is 6.19. The SMILES string of the molecule is Cc1ccc2c(c1)c1c3n2CCCN(Cc2ccccc2F)C3CCC1.Cl. The van der Waals surface area contributed by atoms with E-state index in [9.17, 15) is 4.39 Å². The first kappa shape index (κ1) is 18.5. The highest BCUT2D eigenvalue weighted by Gasteiger charge is 2.33. The lowest BCUT2D eigenvalue weighted by molar-refractivity contribution is 0.171. The number of halogens is 2. The predicted molar refractivity (Wildman–Crippen MR) is 111 cm³/mol. The van der Waals surface area contributed by atoms with Gasteiger partial charge in [0.05, 0.1) is 6.04 Å². The van der Waals surface area contributed by atoms with Gasteiger partial charge >= 0.3 is 0 Å². The van der Waals surface area contributed by atoms with Crippen LogP contribution in [0.2, 0.25) is 0 Å². The Morgan fingerprint density at radius 1 is 1.07 bits per heavy atom. The summed E-state index contributed by atoms with van der Waals surface area (Å²) < 4.78 is 16.8. The van der Waals surface area contributed by atoms with Gasteiger partial charge in [-0.2, -0.15) is 0 Å². The maximum absolute atomic E-state index is 14.2. The monoisotopic (exact) mass is 384 g/mol. The number of hydrogen-bond donors (Lipinski definition) is 0. The second-order valence-corrected chi connectivity index (χ2v) is 7.86. The van der Waals surface area contributed by atoms with Gasteiger partial charge in [0.25, 0.3) is 0 Å². The van der Waals surface area contributed by atoms with Crippen molar-refractivity contribution in [3.8, 4) is 0 Å². The van der Waals surface area contributed by atoms with Crippen LogP contribution in [0.15, 0.2) is 42.5 Å². The van der Waals surface area contributed by atoms with Gasteiger partial charge in [-0.05, 0) is 56.4 Å². The average Bonchev–Trinajstić information content (AvgIpc) is 2.83. The lowest BCUT2D eigenvalue weighted by Crippen LogP contribution is -2.31. The van der Waals surface area contributed by atoms with Crippen LogP contribution < -0.4 is 0 Å². The number of aromatic nitrogens is 1. The van der Waals surface area contributed by atoms with Gasteiger partial charge in [0, 0.05) is 41.8 Å². The molecule has 0 N–H and O–H groups in total. The Hall–Kier alpha value is -1.84. The van der Waals surface area contributed by atoms with E-state index in [1.807, 2.05) is 12.1 Å². The minimum absolute atomic E-state index is 0. The molecule has 142 valence electrons. The van der Waals surface area contributed by atoms with Crippen molar-refractivity contribution in [3.63, 3.8) is 0 Å². The molecule has 0 bridgehead atoms. The molecule has 3 aromatic rings. The number of fused-ring (bicyclic) bond motifs is 3. The van der Waals surface area contributed by atoms with Crippen LogP contribution in [-0.2, 0) is 19.5 Å². The van der Waals surface area contributed by atoms with Gasteiger partial charge in [0.15, 0.2) is 0 Å². The molecule has 0 amide bonds. The predicted octanol–water partition coefficient (Wildman–Crippen LogP) is 5.79. The Balaban J connectivity index is 0.00000180. The highest BCUT2D eigenvalue weighted by molar-refractivity contribution is 5.87. The highest BCUT2D eigenvalue weighted by atomic mass is 35.5. The second-order valence-electron chi connectivity index (χ2n) is 7.86. The molecule has 27 heavy (non-hydrogen) atoms.